The summed E-state index contributed by atoms with van der Waals surface area (Å²) < 4.78 is 45.7. The molecular formula is C14H10ClF3O2. The van der Waals surface area contributed by atoms with Crippen LogP contribution in [-0.4, -0.2) is 13.5 Å². The Bertz CT molecular complexity index is 612. The third kappa shape index (κ3) is 3.36. The zero-order valence-electron chi connectivity index (χ0n) is 10.4. The van der Waals surface area contributed by atoms with Crippen molar-refractivity contribution in [3.8, 4) is 22.6 Å². The SMILES string of the molecule is COc1cccc(Cl)c1-c1cccc(OC(F)(F)F)c1. The number of alkyl halides is 3. The van der Waals surface area contributed by atoms with Crippen molar-refractivity contribution in [2.75, 3.05) is 7.11 Å². The average Bonchev–Trinajstić information content (AvgIpc) is 2.36. The van der Waals surface area contributed by atoms with E-state index < -0.39 is 6.36 Å². The van der Waals surface area contributed by atoms with Gasteiger partial charge in [-0.1, -0.05) is 29.8 Å². The molecule has 2 aromatic carbocycles. The Morgan fingerprint density at radius 3 is 2.40 bits per heavy atom. The predicted molar refractivity (Wildman–Crippen MR) is 70.1 cm³/mol. The maximum absolute atomic E-state index is 12.2. The van der Waals surface area contributed by atoms with Gasteiger partial charge in [-0.3, -0.25) is 0 Å². The first kappa shape index (κ1) is 14.5. The van der Waals surface area contributed by atoms with E-state index in [1.165, 1.54) is 25.3 Å². The summed E-state index contributed by atoms with van der Waals surface area (Å²) in [5, 5.41) is 0.383. The number of ether oxygens (including phenoxy) is 2. The highest BCUT2D eigenvalue weighted by Crippen LogP contribution is 2.38. The van der Waals surface area contributed by atoms with Gasteiger partial charge in [0.05, 0.1) is 12.1 Å². The van der Waals surface area contributed by atoms with Crippen molar-refractivity contribution in [1.82, 2.24) is 0 Å². The van der Waals surface area contributed by atoms with Crippen LogP contribution in [-0.2, 0) is 0 Å². The quantitative estimate of drug-likeness (QED) is 0.801. The molecule has 0 aromatic heterocycles. The summed E-state index contributed by atoms with van der Waals surface area (Å²) in [6, 6.07) is 10.6. The zero-order valence-corrected chi connectivity index (χ0v) is 11.1. The molecule has 0 amide bonds. The van der Waals surface area contributed by atoms with Crippen LogP contribution in [0.25, 0.3) is 11.1 Å². The van der Waals surface area contributed by atoms with E-state index in [4.69, 9.17) is 16.3 Å². The van der Waals surface area contributed by atoms with Crippen LogP contribution in [0.2, 0.25) is 5.02 Å². The average molecular weight is 303 g/mol. The van der Waals surface area contributed by atoms with Crippen LogP contribution in [0, 0.1) is 0 Å². The minimum Gasteiger partial charge on any atom is -0.496 e. The fourth-order valence-corrected chi connectivity index (χ4v) is 2.08. The van der Waals surface area contributed by atoms with Gasteiger partial charge in [-0.25, -0.2) is 0 Å². The number of benzene rings is 2. The van der Waals surface area contributed by atoms with Gasteiger partial charge in [0, 0.05) is 5.56 Å². The highest BCUT2D eigenvalue weighted by atomic mass is 35.5. The maximum atomic E-state index is 12.2. The molecule has 0 spiro atoms. The summed E-state index contributed by atoms with van der Waals surface area (Å²) in [5.41, 5.74) is 0.999. The molecule has 0 saturated carbocycles. The molecule has 0 bridgehead atoms. The van der Waals surface area contributed by atoms with Crippen LogP contribution < -0.4 is 9.47 Å². The van der Waals surface area contributed by atoms with Crippen molar-refractivity contribution in [2.24, 2.45) is 0 Å². The molecule has 0 fully saturated rings. The van der Waals surface area contributed by atoms with Gasteiger partial charge in [-0.2, -0.15) is 0 Å². The summed E-state index contributed by atoms with van der Waals surface area (Å²) in [4.78, 5) is 0. The normalized spacial score (nSPS) is 11.2. The minimum absolute atomic E-state index is 0.308. The Hall–Kier alpha value is -1.88. The molecule has 6 heteroatoms. The monoisotopic (exact) mass is 302 g/mol. The van der Waals surface area contributed by atoms with Crippen LogP contribution in [0.5, 0.6) is 11.5 Å². The number of halogens is 4. The molecule has 2 aromatic rings. The lowest BCUT2D eigenvalue weighted by Crippen LogP contribution is -2.17. The molecule has 20 heavy (non-hydrogen) atoms. The molecule has 0 aliphatic carbocycles. The smallest absolute Gasteiger partial charge is 0.496 e. The first-order valence-corrected chi connectivity index (χ1v) is 5.97. The summed E-state index contributed by atoms with van der Waals surface area (Å²) in [7, 11) is 1.46. The van der Waals surface area contributed by atoms with Crippen molar-refractivity contribution in [3.63, 3.8) is 0 Å². The van der Waals surface area contributed by atoms with E-state index in [0.29, 0.717) is 21.9 Å². The number of methoxy groups -OCH3 is 1. The summed E-state index contributed by atoms with van der Waals surface area (Å²) in [5.74, 6) is 0.165. The van der Waals surface area contributed by atoms with Crippen molar-refractivity contribution in [2.45, 2.75) is 6.36 Å². The maximum Gasteiger partial charge on any atom is 0.573 e. The molecule has 106 valence electrons. The number of rotatable bonds is 3. The Kier molecular flexibility index (Phi) is 4.09. The van der Waals surface area contributed by atoms with Gasteiger partial charge in [0.1, 0.15) is 11.5 Å². The van der Waals surface area contributed by atoms with E-state index in [2.05, 4.69) is 4.74 Å². The van der Waals surface area contributed by atoms with Gasteiger partial charge in [0.2, 0.25) is 0 Å². The fourth-order valence-electron chi connectivity index (χ4n) is 1.80. The first-order chi connectivity index (χ1) is 9.40. The van der Waals surface area contributed by atoms with Crippen LogP contribution in [0.15, 0.2) is 42.5 Å². The lowest BCUT2D eigenvalue weighted by Gasteiger charge is -2.13. The Labute approximate surface area is 118 Å². The topological polar surface area (TPSA) is 18.5 Å². The second-order valence-electron chi connectivity index (χ2n) is 3.89. The lowest BCUT2D eigenvalue weighted by molar-refractivity contribution is -0.274. The van der Waals surface area contributed by atoms with E-state index in [-0.39, 0.29) is 5.75 Å². The molecule has 0 heterocycles. The molecule has 0 unspecified atom stereocenters. The fraction of sp³-hybridized carbons (Fsp3) is 0.143. The van der Waals surface area contributed by atoms with E-state index >= 15 is 0 Å². The predicted octanol–water partition coefficient (Wildman–Crippen LogP) is 4.91. The highest BCUT2D eigenvalue weighted by molar-refractivity contribution is 6.33. The van der Waals surface area contributed by atoms with Crippen LogP contribution in [0.3, 0.4) is 0 Å². The Balaban J connectivity index is 2.46. The standard InChI is InChI=1S/C14H10ClF3O2/c1-19-12-7-3-6-11(15)13(12)9-4-2-5-10(8-9)20-14(16,17)18/h2-8H,1H3. The van der Waals surface area contributed by atoms with E-state index in [1.54, 1.807) is 24.3 Å². The van der Waals surface area contributed by atoms with E-state index in [1.807, 2.05) is 0 Å². The molecule has 2 rings (SSSR count). The van der Waals surface area contributed by atoms with Gasteiger partial charge in [0.15, 0.2) is 0 Å². The lowest BCUT2D eigenvalue weighted by atomic mass is 10.0. The first-order valence-electron chi connectivity index (χ1n) is 5.59. The van der Waals surface area contributed by atoms with E-state index in [9.17, 15) is 13.2 Å². The third-order valence-corrected chi connectivity index (χ3v) is 2.87. The van der Waals surface area contributed by atoms with Gasteiger partial charge >= 0.3 is 6.36 Å². The van der Waals surface area contributed by atoms with Gasteiger partial charge < -0.3 is 9.47 Å². The second-order valence-corrected chi connectivity index (χ2v) is 4.30. The van der Waals surface area contributed by atoms with Crippen LogP contribution in [0.1, 0.15) is 0 Å². The molecule has 0 aliphatic heterocycles. The molecular weight excluding hydrogens is 293 g/mol. The van der Waals surface area contributed by atoms with Gasteiger partial charge in [-0.05, 0) is 29.8 Å². The Morgan fingerprint density at radius 2 is 1.75 bits per heavy atom. The minimum atomic E-state index is -4.73. The summed E-state index contributed by atoms with van der Waals surface area (Å²) in [6.07, 6.45) is -4.73. The van der Waals surface area contributed by atoms with Crippen LogP contribution >= 0.6 is 11.6 Å². The van der Waals surface area contributed by atoms with E-state index in [0.717, 1.165) is 0 Å². The van der Waals surface area contributed by atoms with Gasteiger partial charge in [-0.15, -0.1) is 13.2 Å². The van der Waals surface area contributed by atoms with Crippen molar-refractivity contribution >= 4 is 11.6 Å². The highest BCUT2D eigenvalue weighted by Gasteiger charge is 2.31. The second kappa shape index (κ2) is 5.63. The number of hydrogen-bond acceptors (Lipinski definition) is 2. The molecule has 0 atom stereocenters. The summed E-state index contributed by atoms with van der Waals surface area (Å²) >= 11 is 6.09. The molecule has 2 nitrogen and oxygen atoms in total. The largest absolute Gasteiger partial charge is 0.573 e. The van der Waals surface area contributed by atoms with Crippen molar-refractivity contribution in [3.05, 3.63) is 47.5 Å². The summed E-state index contributed by atoms with van der Waals surface area (Å²) in [6.45, 7) is 0. The van der Waals surface area contributed by atoms with Crippen LogP contribution in [0.4, 0.5) is 13.2 Å². The zero-order chi connectivity index (χ0) is 14.8. The van der Waals surface area contributed by atoms with Crippen molar-refractivity contribution in [1.29, 1.82) is 0 Å². The molecule has 0 aliphatic rings. The van der Waals surface area contributed by atoms with Gasteiger partial charge in [0.25, 0.3) is 0 Å². The molecule has 0 N–H and O–H groups in total. The Morgan fingerprint density at radius 1 is 1.05 bits per heavy atom. The molecule has 0 saturated heterocycles. The van der Waals surface area contributed by atoms with Crippen molar-refractivity contribution < 1.29 is 22.6 Å². The molecule has 0 radical (unpaired) electrons. The number of hydrogen-bond donors (Lipinski definition) is 0. The third-order valence-electron chi connectivity index (χ3n) is 2.55.